The predicted octanol–water partition coefficient (Wildman–Crippen LogP) is -3.74. The Labute approximate surface area is 190 Å². The predicted molar refractivity (Wildman–Crippen MR) is 117 cm³/mol. The minimum atomic E-state index is -4.64. The molecule has 0 unspecified atom stereocenters. The first kappa shape index (κ1) is 25.4. The maximum atomic E-state index is 12.9. The zero-order valence-electron chi connectivity index (χ0n) is 17.5. The van der Waals surface area contributed by atoms with Crippen LogP contribution in [0.1, 0.15) is 6.42 Å². The van der Waals surface area contributed by atoms with Gasteiger partial charge in [0.05, 0.1) is 17.8 Å². The molecule has 15 nitrogen and oxygen atoms in total. The second-order valence-corrected chi connectivity index (χ2v) is 10.8. The van der Waals surface area contributed by atoms with E-state index in [2.05, 4.69) is 25.3 Å². The van der Waals surface area contributed by atoms with Crippen molar-refractivity contribution in [3.8, 4) is 11.4 Å². The molecule has 1 fully saturated rings. The Morgan fingerprint density at radius 2 is 2.00 bits per heavy atom. The van der Waals surface area contributed by atoms with Crippen LogP contribution in [0.4, 0.5) is 5.69 Å². The van der Waals surface area contributed by atoms with Crippen LogP contribution in [0.15, 0.2) is 21.9 Å². The minimum Gasteiger partial charge on any atom is -0.391 e. The number of aromatic amines is 1. The van der Waals surface area contributed by atoms with Gasteiger partial charge in [-0.3, -0.25) is 0 Å². The number of aliphatic hydroxyl groups is 2. The average molecular weight is 506 g/mol. The van der Waals surface area contributed by atoms with Gasteiger partial charge in [-0.1, -0.05) is 0 Å². The van der Waals surface area contributed by atoms with E-state index in [4.69, 9.17) is 16.6 Å². The Kier molecular flexibility index (Phi) is 7.64. The SMILES string of the molecule is NC[C@@H](O)CNS(=O)(=O)c1ccc(N2CC[C@H](CN)[C@H](O)C2)c(-c2nn[nH]n2)c1S(N)(=O)=O. The molecule has 0 aliphatic carbocycles. The van der Waals surface area contributed by atoms with E-state index in [1.54, 1.807) is 4.90 Å². The molecule has 184 valence electrons. The van der Waals surface area contributed by atoms with Crippen molar-refractivity contribution in [1.29, 1.82) is 0 Å². The number of hydrogen-bond donors (Lipinski definition) is 7. The van der Waals surface area contributed by atoms with E-state index >= 15 is 0 Å². The number of β-amino-alcohol motifs (C(OH)–C–C–N with tert-alkyl or cyclic N) is 1. The van der Waals surface area contributed by atoms with E-state index in [1.165, 1.54) is 6.07 Å². The summed E-state index contributed by atoms with van der Waals surface area (Å²) in [5.74, 6) is -0.339. The molecule has 3 atom stereocenters. The highest BCUT2D eigenvalue weighted by Crippen LogP contribution is 2.39. The van der Waals surface area contributed by atoms with Crippen LogP contribution in [0.5, 0.6) is 0 Å². The van der Waals surface area contributed by atoms with Gasteiger partial charge in [-0.25, -0.2) is 26.7 Å². The summed E-state index contributed by atoms with van der Waals surface area (Å²) in [6.07, 6.45) is -1.45. The summed E-state index contributed by atoms with van der Waals surface area (Å²) in [6, 6.07) is 2.46. The van der Waals surface area contributed by atoms with E-state index in [0.717, 1.165) is 6.07 Å². The first-order chi connectivity index (χ1) is 15.5. The van der Waals surface area contributed by atoms with Crippen LogP contribution in [0.2, 0.25) is 0 Å². The molecule has 1 saturated heterocycles. The van der Waals surface area contributed by atoms with Gasteiger partial charge in [0.1, 0.15) is 9.79 Å². The Morgan fingerprint density at radius 3 is 2.55 bits per heavy atom. The molecule has 1 aromatic carbocycles. The lowest BCUT2D eigenvalue weighted by molar-refractivity contribution is 0.0974. The van der Waals surface area contributed by atoms with Gasteiger partial charge in [-0.05, 0) is 30.3 Å². The Bertz CT molecular complexity index is 1170. The van der Waals surface area contributed by atoms with Crippen molar-refractivity contribution in [2.75, 3.05) is 37.6 Å². The fourth-order valence-corrected chi connectivity index (χ4v) is 6.30. The summed E-state index contributed by atoms with van der Waals surface area (Å²) in [4.78, 5) is 0.279. The van der Waals surface area contributed by atoms with E-state index in [0.29, 0.717) is 13.0 Å². The topological polar surface area (TPSA) is 257 Å². The van der Waals surface area contributed by atoms with Crippen molar-refractivity contribution in [1.82, 2.24) is 25.3 Å². The molecule has 0 radical (unpaired) electrons. The summed E-state index contributed by atoms with van der Waals surface area (Å²) in [5.41, 5.74) is 11.0. The zero-order valence-corrected chi connectivity index (χ0v) is 19.1. The van der Waals surface area contributed by atoms with Crippen molar-refractivity contribution in [2.24, 2.45) is 22.5 Å². The van der Waals surface area contributed by atoms with Crippen LogP contribution in [0.3, 0.4) is 0 Å². The number of primary sulfonamides is 1. The fourth-order valence-electron chi connectivity index (χ4n) is 3.64. The molecule has 1 aliphatic rings. The Balaban J connectivity index is 2.20. The zero-order chi connectivity index (χ0) is 24.4. The smallest absolute Gasteiger partial charge is 0.242 e. The van der Waals surface area contributed by atoms with Gasteiger partial charge in [0.25, 0.3) is 0 Å². The highest BCUT2D eigenvalue weighted by Gasteiger charge is 2.35. The molecule has 0 spiro atoms. The number of H-pyrrole nitrogens is 1. The molecular formula is C16H27N9O6S2. The molecule has 2 heterocycles. The van der Waals surface area contributed by atoms with Gasteiger partial charge in [0.2, 0.25) is 25.9 Å². The monoisotopic (exact) mass is 505 g/mol. The molecule has 1 aliphatic heterocycles. The molecule has 0 saturated carbocycles. The van der Waals surface area contributed by atoms with Crippen molar-refractivity contribution in [3.05, 3.63) is 12.1 Å². The van der Waals surface area contributed by atoms with Gasteiger partial charge in [0.15, 0.2) is 0 Å². The minimum absolute atomic E-state index is 0.115. The average Bonchev–Trinajstić information content (AvgIpc) is 3.30. The first-order valence-electron chi connectivity index (χ1n) is 9.94. The normalized spacial score (nSPS) is 20.7. The molecule has 10 N–H and O–H groups in total. The Hall–Kier alpha value is -2.25. The van der Waals surface area contributed by atoms with Gasteiger partial charge >= 0.3 is 0 Å². The number of aromatic nitrogens is 4. The molecule has 2 aromatic rings. The summed E-state index contributed by atoms with van der Waals surface area (Å²) in [6.45, 7) is 0.150. The molecule has 17 heteroatoms. The third kappa shape index (κ3) is 5.46. The lowest BCUT2D eigenvalue weighted by Gasteiger charge is -2.37. The van der Waals surface area contributed by atoms with Crippen LogP contribution in [-0.2, 0) is 20.0 Å². The van der Waals surface area contributed by atoms with E-state index in [9.17, 15) is 27.0 Å². The van der Waals surface area contributed by atoms with Gasteiger partial charge in [-0.15, -0.1) is 10.2 Å². The molecule has 3 rings (SSSR count). The lowest BCUT2D eigenvalue weighted by Crippen LogP contribution is -2.46. The number of nitrogens with one attached hydrogen (secondary N) is 2. The number of sulfonamides is 2. The van der Waals surface area contributed by atoms with E-state index in [1.807, 2.05) is 0 Å². The third-order valence-electron chi connectivity index (χ3n) is 5.39. The van der Waals surface area contributed by atoms with Gasteiger partial charge < -0.3 is 26.6 Å². The maximum absolute atomic E-state index is 12.9. The van der Waals surface area contributed by atoms with Crippen molar-refractivity contribution in [2.45, 2.75) is 28.4 Å². The molecule has 1 aromatic heterocycles. The first-order valence-corrected chi connectivity index (χ1v) is 13.0. The summed E-state index contributed by atoms with van der Waals surface area (Å²) < 4.78 is 53.3. The van der Waals surface area contributed by atoms with Gasteiger partial charge in [-0.2, -0.15) is 5.21 Å². The highest BCUT2D eigenvalue weighted by atomic mass is 32.2. The van der Waals surface area contributed by atoms with Crippen LogP contribution in [0.25, 0.3) is 11.4 Å². The number of anilines is 1. The molecule has 33 heavy (non-hydrogen) atoms. The van der Waals surface area contributed by atoms with Crippen molar-refractivity contribution >= 4 is 25.7 Å². The second kappa shape index (κ2) is 9.94. The van der Waals surface area contributed by atoms with Crippen molar-refractivity contribution in [3.63, 3.8) is 0 Å². The van der Waals surface area contributed by atoms with Crippen LogP contribution >= 0.6 is 0 Å². The van der Waals surface area contributed by atoms with E-state index < -0.39 is 48.6 Å². The summed E-state index contributed by atoms with van der Waals surface area (Å²) in [7, 11) is -9.10. The number of rotatable bonds is 9. The van der Waals surface area contributed by atoms with E-state index in [-0.39, 0.29) is 42.6 Å². The second-order valence-electron chi connectivity index (χ2n) is 7.61. The third-order valence-corrected chi connectivity index (χ3v) is 7.98. The number of aliphatic hydroxyl groups excluding tert-OH is 2. The van der Waals surface area contributed by atoms with Crippen LogP contribution in [-0.4, -0.2) is 92.6 Å². The summed E-state index contributed by atoms with van der Waals surface area (Å²) in [5, 5.41) is 38.8. The maximum Gasteiger partial charge on any atom is 0.242 e. The standard InChI is InChI=1S/C16H27N9O6S2/c17-5-9-3-4-25(8-12(9)27)11-1-2-13(33(30,31)20-7-10(26)6-18)15(32(19,28)29)14(11)16-21-23-24-22-16/h1-2,9-10,12,20,26-27H,3-8,17-18H2,(H2,19,28,29)(H,21,22,23,24)/t9-,10-,12-/m1/s1. The number of hydrogen-bond acceptors (Lipinski definition) is 12. The fraction of sp³-hybridized carbons (Fsp3) is 0.562. The Morgan fingerprint density at radius 1 is 1.27 bits per heavy atom. The number of nitrogens with two attached hydrogens (primary N) is 3. The number of tetrazole rings is 1. The molecule has 0 amide bonds. The largest absolute Gasteiger partial charge is 0.391 e. The van der Waals surface area contributed by atoms with Gasteiger partial charge in [0, 0.05) is 37.8 Å². The number of benzene rings is 1. The quantitative estimate of drug-likeness (QED) is 0.173. The molecule has 0 bridgehead atoms. The molecular weight excluding hydrogens is 478 g/mol. The number of nitrogens with zero attached hydrogens (tertiary/aromatic N) is 4. The summed E-state index contributed by atoms with van der Waals surface area (Å²) >= 11 is 0. The van der Waals surface area contributed by atoms with Crippen LogP contribution in [0, 0.1) is 5.92 Å². The lowest BCUT2D eigenvalue weighted by atomic mass is 9.93. The highest BCUT2D eigenvalue weighted by molar-refractivity contribution is 7.92. The van der Waals surface area contributed by atoms with Crippen LogP contribution < -0.4 is 26.2 Å². The van der Waals surface area contributed by atoms with Crippen molar-refractivity contribution < 1.29 is 27.0 Å². The number of piperidine rings is 1.